The van der Waals surface area contributed by atoms with Gasteiger partial charge >= 0.3 is 0 Å². The van der Waals surface area contributed by atoms with E-state index in [-0.39, 0.29) is 18.5 Å². The maximum absolute atomic E-state index is 13.3. The van der Waals surface area contributed by atoms with Crippen molar-refractivity contribution in [3.8, 4) is 0 Å². The summed E-state index contributed by atoms with van der Waals surface area (Å²) in [5, 5.41) is 10.6. The van der Waals surface area contributed by atoms with Gasteiger partial charge in [0.25, 0.3) is 5.69 Å². The lowest BCUT2D eigenvalue weighted by atomic mass is 10.0. The van der Waals surface area contributed by atoms with Gasteiger partial charge in [0.1, 0.15) is 0 Å². The van der Waals surface area contributed by atoms with Crippen molar-refractivity contribution in [1.82, 2.24) is 0 Å². The molecule has 0 heterocycles. The number of aryl methyl sites for hydroxylation is 1. The van der Waals surface area contributed by atoms with Crippen LogP contribution < -0.4 is 0 Å². The molecule has 5 heteroatoms. The van der Waals surface area contributed by atoms with Crippen molar-refractivity contribution in [1.29, 1.82) is 0 Å². The van der Waals surface area contributed by atoms with E-state index in [4.69, 9.17) is 0 Å². The first-order valence-electron chi connectivity index (χ1n) is 5.01. The number of alkyl halides is 1. The van der Waals surface area contributed by atoms with Crippen molar-refractivity contribution in [2.45, 2.75) is 25.4 Å². The van der Waals surface area contributed by atoms with E-state index in [2.05, 4.69) is 0 Å². The molecule has 1 aliphatic rings. The van der Waals surface area contributed by atoms with E-state index < -0.39 is 16.9 Å². The highest BCUT2D eigenvalue weighted by atomic mass is 19.1. The second kappa shape index (κ2) is 4.00. The van der Waals surface area contributed by atoms with E-state index in [1.165, 1.54) is 12.1 Å². The lowest BCUT2D eigenvalue weighted by Crippen LogP contribution is -2.15. The highest BCUT2D eigenvalue weighted by molar-refractivity contribution is 5.84. The smallest absolute Gasteiger partial charge is 0.269 e. The first kappa shape index (κ1) is 10.7. The Kier molecular flexibility index (Phi) is 2.68. The number of nitrogens with zero attached hydrogens (tertiary/aromatic N) is 1. The van der Waals surface area contributed by atoms with Gasteiger partial charge in [-0.2, -0.15) is 0 Å². The fourth-order valence-electron chi connectivity index (χ4n) is 1.88. The van der Waals surface area contributed by atoms with Gasteiger partial charge in [0.2, 0.25) is 0 Å². The van der Waals surface area contributed by atoms with Gasteiger partial charge in [-0.25, -0.2) is 4.39 Å². The van der Waals surface area contributed by atoms with Crippen molar-refractivity contribution in [2.75, 3.05) is 0 Å². The molecule has 1 aromatic rings. The third-order valence-electron chi connectivity index (χ3n) is 2.79. The molecule has 2 rings (SSSR count). The number of fused-ring (bicyclic) bond motifs is 1. The Morgan fingerprint density at radius 1 is 1.31 bits per heavy atom. The zero-order chi connectivity index (χ0) is 11.7. The molecule has 0 aliphatic heterocycles. The molecule has 1 unspecified atom stereocenters. The number of Topliss-reactive ketones (excluding diaryl/α,β-unsaturated/α-hetero) is 1. The summed E-state index contributed by atoms with van der Waals surface area (Å²) in [5.74, 6) is -0.418. The second-order valence-corrected chi connectivity index (χ2v) is 3.85. The normalized spacial score (nSPS) is 20.1. The highest BCUT2D eigenvalue weighted by Crippen LogP contribution is 2.24. The van der Waals surface area contributed by atoms with Crippen molar-refractivity contribution in [2.24, 2.45) is 0 Å². The molecule has 4 nitrogen and oxygen atoms in total. The number of nitro benzene ring substituents is 1. The molecule has 1 aliphatic carbocycles. The predicted molar refractivity (Wildman–Crippen MR) is 55.0 cm³/mol. The topological polar surface area (TPSA) is 60.2 Å². The van der Waals surface area contributed by atoms with Crippen LogP contribution in [0.2, 0.25) is 0 Å². The van der Waals surface area contributed by atoms with Crippen molar-refractivity contribution in [3.05, 3.63) is 39.4 Å². The van der Waals surface area contributed by atoms with Gasteiger partial charge in [0.05, 0.1) is 4.92 Å². The third-order valence-corrected chi connectivity index (χ3v) is 2.79. The summed E-state index contributed by atoms with van der Waals surface area (Å²) < 4.78 is 13.3. The van der Waals surface area contributed by atoms with Crippen LogP contribution >= 0.6 is 0 Å². The van der Waals surface area contributed by atoms with Gasteiger partial charge in [-0.05, 0) is 17.5 Å². The second-order valence-electron chi connectivity index (χ2n) is 3.85. The lowest BCUT2D eigenvalue weighted by molar-refractivity contribution is -0.384. The number of non-ortho nitro benzene ring substituents is 1. The first-order chi connectivity index (χ1) is 7.58. The fraction of sp³-hybridized carbons (Fsp3) is 0.364. The Bertz CT molecular complexity index is 459. The predicted octanol–water partition coefficient (Wildman–Crippen LogP) is 1.99. The molecule has 0 amide bonds. The maximum atomic E-state index is 13.3. The number of nitro groups is 1. The molecular weight excluding hydrogens is 213 g/mol. The Hall–Kier alpha value is -1.78. The molecule has 16 heavy (non-hydrogen) atoms. The van der Waals surface area contributed by atoms with Crippen LogP contribution in [0.5, 0.6) is 0 Å². The minimum atomic E-state index is -1.47. The number of hydrogen-bond acceptors (Lipinski definition) is 3. The number of hydrogen-bond donors (Lipinski definition) is 0. The van der Waals surface area contributed by atoms with Crippen molar-refractivity contribution < 1.29 is 14.1 Å². The summed E-state index contributed by atoms with van der Waals surface area (Å²) in [6.07, 6.45) is -0.930. The summed E-state index contributed by atoms with van der Waals surface area (Å²) in [5.41, 5.74) is 1.40. The van der Waals surface area contributed by atoms with Gasteiger partial charge in [-0.15, -0.1) is 0 Å². The fourth-order valence-corrected chi connectivity index (χ4v) is 1.88. The first-order valence-corrected chi connectivity index (χ1v) is 5.01. The molecule has 0 saturated carbocycles. The minimum absolute atomic E-state index is 0.0106. The number of benzene rings is 1. The van der Waals surface area contributed by atoms with Gasteiger partial charge < -0.3 is 0 Å². The standard InChI is InChI=1S/C11H10FNO3/c12-10-6-8-1-3-9(13(15)16)5-7(8)2-4-11(10)14/h1,3,5,10H,2,4,6H2. The Morgan fingerprint density at radius 2 is 2.06 bits per heavy atom. The molecule has 0 saturated heterocycles. The highest BCUT2D eigenvalue weighted by Gasteiger charge is 2.24. The Labute approximate surface area is 91.2 Å². The molecule has 84 valence electrons. The van der Waals surface area contributed by atoms with Gasteiger partial charge in [0.15, 0.2) is 12.0 Å². The van der Waals surface area contributed by atoms with Crippen LogP contribution in [0.15, 0.2) is 18.2 Å². The minimum Gasteiger partial charge on any atom is -0.296 e. The molecule has 0 spiro atoms. The van der Waals surface area contributed by atoms with E-state index in [1.807, 2.05) is 0 Å². The molecular formula is C11H10FNO3. The van der Waals surface area contributed by atoms with E-state index in [0.717, 1.165) is 0 Å². The Balaban J connectivity index is 2.38. The summed E-state index contributed by atoms with van der Waals surface area (Å²) in [6, 6.07) is 4.32. The van der Waals surface area contributed by atoms with E-state index in [1.54, 1.807) is 6.07 Å². The van der Waals surface area contributed by atoms with E-state index >= 15 is 0 Å². The summed E-state index contributed by atoms with van der Waals surface area (Å²) >= 11 is 0. The summed E-state index contributed by atoms with van der Waals surface area (Å²) in [7, 11) is 0. The third kappa shape index (κ3) is 1.93. The lowest BCUT2D eigenvalue weighted by Gasteiger charge is -2.04. The molecule has 0 fully saturated rings. The molecule has 0 bridgehead atoms. The molecule has 0 radical (unpaired) electrons. The maximum Gasteiger partial charge on any atom is 0.269 e. The van der Waals surface area contributed by atoms with Gasteiger partial charge in [-0.3, -0.25) is 14.9 Å². The average Bonchev–Trinajstić information content (AvgIpc) is 2.39. The quantitative estimate of drug-likeness (QED) is 0.415. The van der Waals surface area contributed by atoms with Gasteiger partial charge in [0, 0.05) is 25.0 Å². The van der Waals surface area contributed by atoms with Crippen molar-refractivity contribution in [3.63, 3.8) is 0 Å². The van der Waals surface area contributed by atoms with Crippen LogP contribution in [0.3, 0.4) is 0 Å². The number of ketones is 1. The number of carbonyl (C=O) groups excluding carboxylic acids is 1. The monoisotopic (exact) mass is 223 g/mol. The Morgan fingerprint density at radius 3 is 2.75 bits per heavy atom. The zero-order valence-corrected chi connectivity index (χ0v) is 8.48. The number of halogens is 1. The average molecular weight is 223 g/mol. The van der Waals surface area contributed by atoms with Crippen LogP contribution in [0.25, 0.3) is 0 Å². The van der Waals surface area contributed by atoms with Crippen LogP contribution in [-0.2, 0) is 17.6 Å². The van der Waals surface area contributed by atoms with Crippen LogP contribution in [-0.4, -0.2) is 16.9 Å². The van der Waals surface area contributed by atoms with Crippen molar-refractivity contribution >= 4 is 11.5 Å². The van der Waals surface area contributed by atoms with E-state index in [0.29, 0.717) is 17.5 Å². The largest absolute Gasteiger partial charge is 0.296 e. The SMILES string of the molecule is O=C1CCc2cc([N+](=O)[O-])ccc2CC1F. The molecule has 1 aromatic carbocycles. The van der Waals surface area contributed by atoms with E-state index in [9.17, 15) is 19.3 Å². The van der Waals surface area contributed by atoms with Gasteiger partial charge in [-0.1, -0.05) is 6.07 Å². The van der Waals surface area contributed by atoms with Crippen LogP contribution in [0, 0.1) is 10.1 Å². The summed E-state index contributed by atoms with van der Waals surface area (Å²) in [6.45, 7) is 0. The molecule has 0 aromatic heterocycles. The van der Waals surface area contributed by atoms with Crippen LogP contribution in [0.4, 0.5) is 10.1 Å². The summed E-state index contributed by atoms with van der Waals surface area (Å²) in [4.78, 5) is 21.3. The zero-order valence-electron chi connectivity index (χ0n) is 8.48. The number of rotatable bonds is 1. The van der Waals surface area contributed by atoms with Crippen LogP contribution in [0.1, 0.15) is 17.5 Å². The number of carbonyl (C=O) groups is 1. The molecule has 1 atom stereocenters. The molecule has 0 N–H and O–H groups in total.